The van der Waals surface area contributed by atoms with Gasteiger partial charge in [0.2, 0.25) is 0 Å². The van der Waals surface area contributed by atoms with Crippen LogP contribution in [-0.4, -0.2) is 33.3 Å². The van der Waals surface area contributed by atoms with Crippen LogP contribution < -0.4 is 5.32 Å². The van der Waals surface area contributed by atoms with Crippen molar-refractivity contribution in [2.45, 2.75) is 19.8 Å². The van der Waals surface area contributed by atoms with Gasteiger partial charge in [0.25, 0.3) is 0 Å². The average molecular weight is 345 g/mol. The maximum Gasteiger partial charge on any atom is 0.135 e. The van der Waals surface area contributed by atoms with Gasteiger partial charge in [-0.3, -0.25) is 5.10 Å². The summed E-state index contributed by atoms with van der Waals surface area (Å²) < 4.78 is 0. The number of aromatic amines is 2. The molecule has 0 aliphatic carbocycles. The standard InChI is InChI=1S/C21H23N5/c1-3-5-6-15-13-19(23-16(15)4-2)21-20-18(25-26-21)8-7-17(24-20)14-9-11-22-12-10-14/h3,5-9,13,22-23H,1,4,10-12H2,2H3,(H,25,26)/b6-5-. The number of rotatable bonds is 5. The predicted octanol–water partition coefficient (Wildman–Crippen LogP) is 4.09. The van der Waals surface area contributed by atoms with Crippen molar-refractivity contribution < 1.29 is 0 Å². The largest absolute Gasteiger partial charge is 0.357 e. The van der Waals surface area contributed by atoms with E-state index in [1.54, 1.807) is 6.08 Å². The molecule has 0 amide bonds. The molecule has 1 aliphatic rings. The predicted molar refractivity (Wildman–Crippen MR) is 108 cm³/mol. The van der Waals surface area contributed by atoms with Crippen LogP contribution in [0, 0.1) is 0 Å². The van der Waals surface area contributed by atoms with Gasteiger partial charge in [-0.15, -0.1) is 0 Å². The summed E-state index contributed by atoms with van der Waals surface area (Å²) >= 11 is 0. The molecule has 0 spiro atoms. The van der Waals surface area contributed by atoms with Crippen LogP contribution in [-0.2, 0) is 6.42 Å². The minimum Gasteiger partial charge on any atom is -0.357 e. The first-order chi connectivity index (χ1) is 12.8. The fraction of sp³-hybridized carbons (Fsp3) is 0.238. The number of nitrogens with one attached hydrogen (secondary N) is 3. The molecule has 0 unspecified atom stereocenters. The van der Waals surface area contributed by atoms with E-state index in [1.807, 2.05) is 6.08 Å². The van der Waals surface area contributed by atoms with Crippen molar-refractivity contribution in [3.63, 3.8) is 0 Å². The van der Waals surface area contributed by atoms with E-state index in [0.29, 0.717) is 0 Å². The third kappa shape index (κ3) is 3.02. The Balaban J connectivity index is 1.79. The fourth-order valence-corrected chi connectivity index (χ4v) is 3.37. The van der Waals surface area contributed by atoms with Crippen LogP contribution in [0.5, 0.6) is 0 Å². The van der Waals surface area contributed by atoms with E-state index in [2.05, 4.69) is 64.4 Å². The second kappa shape index (κ2) is 7.14. The number of allylic oxidation sites excluding steroid dienone is 2. The van der Waals surface area contributed by atoms with Crippen molar-refractivity contribution in [2.24, 2.45) is 0 Å². The SMILES string of the molecule is C=C/C=C\c1cc(-c2n[nH]c3ccc(C4=CCNCC4)nc23)[nH]c1CC. The van der Waals surface area contributed by atoms with Gasteiger partial charge >= 0.3 is 0 Å². The first kappa shape index (κ1) is 16.5. The molecule has 0 saturated heterocycles. The van der Waals surface area contributed by atoms with Gasteiger partial charge < -0.3 is 10.3 Å². The number of H-pyrrole nitrogens is 2. The smallest absolute Gasteiger partial charge is 0.135 e. The second-order valence-electron chi connectivity index (χ2n) is 6.41. The molecule has 3 aromatic rings. The molecule has 0 saturated carbocycles. The van der Waals surface area contributed by atoms with E-state index in [-0.39, 0.29) is 0 Å². The van der Waals surface area contributed by atoms with Gasteiger partial charge in [0.15, 0.2) is 0 Å². The molecule has 5 heteroatoms. The molecule has 4 rings (SSSR count). The zero-order chi connectivity index (χ0) is 17.9. The third-order valence-electron chi connectivity index (χ3n) is 4.76. The van der Waals surface area contributed by atoms with Crippen LogP contribution in [0.2, 0.25) is 0 Å². The maximum atomic E-state index is 4.92. The molecule has 0 radical (unpaired) electrons. The molecule has 0 atom stereocenters. The zero-order valence-electron chi connectivity index (χ0n) is 15.0. The monoisotopic (exact) mass is 345 g/mol. The highest BCUT2D eigenvalue weighted by atomic mass is 15.1. The van der Waals surface area contributed by atoms with Crippen LogP contribution >= 0.6 is 0 Å². The van der Waals surface area contributed by atoms with Crippen molar-refractivity contribution in [3.8, 4) is 11.4 Å². The summed E-state index contributed by atoms with van der Waals surface area (Å²) in [7, 11) is 0. The van der Waals surface area contributed by atoms with Crippen molar-refractivity contribution >= 4 is 22.7 Å². The highest BCUT2D eigenvalue weighted by Crippen LogP contribution is 2.29. The summed E-state index contributed by atoms with van der Waals surface area (Å²) in [4.78, 5) is 8.42. The molecule has 3 N–H and O–H groups in total. The van der Waals surface area contributed by atoms with Crippen molar-refractivity contribution in [3.05, 3.63) is 60.0 Å². The van der Waals surface area contributed by atoms with Gasteiger partial charge in [-0.2, -0.15) is 5.10 Å². The normalized spacial score (nSPS) is 14.9. The van der Waals surface area contributed by atoms with Crippen LogP contribution in [0.15, 0.2) is 43.0 Å². The van der Waals surface area contributed by atoms with Crippen molar-refractivity contribution in [1.82, 2.24) is 25.5 Å². The molecule has 0 bridgehead atoms. The number of hydrogen-bond donors (Lipinski definition) is 3. The topological polar surface area (TPSA) is 69.4 Å². The molecule has 0 aromatic carbocycles. The van der Waals surface area contributed by atoms with E-state index >= 15 is 0 Å². The van der Waals surface area contributed by atoms with Crippen LogP contribution in [0.3, 0.4) is 0 Å². The van der Waals surface area contributed by atoms with Crippen molar-refractivity contribution in [1.29, 1.82) is 0 Å². The van der Waals surface area contributed by atoms with E-state index in [9.17, 15) is 0 Å². The Labute approximate surface area is 152 Å². The molecule has 26 heavy (non-hydrogen) atoms. The Morgan fingerprint density at radius 2 is 2.23 bits per heavy atom. The van der Waals surface area contributed by atoms with Crippen LogP contribution in [0.25, 0.3) is 34.1 Å². The van der Waals surface area contributed by atoms with Crippen molar-refractivity contribution in [2.75, 3.05) is 13.1 Å². The minimum atomic E-state index is 0.865. The first-order valence-corrected chi connectivity index (χ1v) is 9.06. The Morgan fingerprint density at radius 1 is 1.31 bits per heavy atom. The van der Waals surface area contributed by atoms with Gasteiger partial charge in [-0.05, 0) is 48.7 Å². The highest BCUT2D eigenvalue weighted by molar-refractivity contribution is 5.90. The molecule has 0 fully saturated rings. The van der Waals surface area contributed by atoms with Gasteiger partial charge in [0.05, 0.1) is 16.9 Å². The number of aryl methyl sites for hydroxylation is 1. The van der Waals surface area contributed by atoms with E-state index < -0.39 is 0 Å². The van der Waals surface area contributed by atoms with Crippen LogP contribution in [0.4, 0.5) is 0 Å². The van der Waals surface area contributed by atoms with E-state index in [0.717, 1.165) is 59.6 Å². The number of hydrogen-bond acceptors (Lipinski definition) is 3. The lowest BCUT2D eigenvalue weighted by atomic mass is 10.0. The Morgan fingerprint density at radius 3 is 3.00 bits per heavy atom. The Bertz CT molecular complexity index is 1000. The lowest BCUT2D eigenvalue weighted by Crippen LogP contribution is -2.20. The lowest BCUT2D eigenvalue weighted by Gasteiger charge is -2.13. The summed E-state index contributed by atoms with van der Waals surface area (Å²) in [5.74, 6) is 0. The average Bonchev–Trinajstić information content (AvgIpc) is 3.30. The molecule has 4 heterocycles. The van der Waals surface area contributed by atoms with Gasteiger partial charge in [-0.25, -0.2) is 4.98 Å². The van der Waals surface area contributed by atoms with E-state index in [1.165, 1.54) is 11.3 Å². The maximum absolute atomic E-state index is 4.92. The summed E-state index contributed by atoms with van der Waals surface area (Å²) in [6, 6.07) is 6.28. The molecular formula is C21H23N5. The molecular weight excluding hydrogens is 322 g/mol. The first-order valence-electron chi connectivity index (χ1n) is 9.06. The molecule has 1 aliphatic heterocycles. The lowest BCUT2D eigenvalue weighted by molar-refractivity contribution is 0.737. The summed E-state index contributed by atoms with van der Waals surface area (Å²) in [6.45, 7) is 7.80. The third-order valence-corrected chi connectivity index (χ3v) is 4.76. The fourth-order valence-electron chi connectivity index (χ4n) is 3.37. The Hall–Kier alpha value is -2.92. The molecule has 5 nitrogen and oxygen atoms in total. The Kier molecular flexibility index (Phi) is 4.54. The molecule has 132 valence electrons. The van der Waals surface area contributed by atoms with Gasteiger partial charge in [-0.1, -0.05) is 37.8 Å². The summed E-state index contributed by atoms with van der Waals surface area (Å²) in [6.07, 6.45) is 9.96. The van der Waals surface area contributed by atoms with Gasteiger partial charge in [0, 0.05) is 12.2 Å². The quantitative estimate of drug-likeness (QED) is 0.610. The van der Waals surface area contributed by atoms with Crippen LogP contribution in [0.1, 0.15) is 30.3 Å². The number of fused-ring (bicyclic) bond motifs is 1. The number of pyridine rings is 1. The number of nitrogens with zero attached hydrogens (tertiary/aromatic N) is 2. The molecule has 3 aromatic heterocycles. The van der Waals surface area contributed by atoms with E-state index in [4.69, 9.17) is 4.98 Å². The zero-order valence-corrected chi connectivity index (χ0v) is 15.0. The summed E-state index contributed by atoms with van der Waals surface area (Å²) in [5, 5.41) is 11.0. The van der Waals surface area contributed by atoms with Gasteiger partial charge in [0.1, 0.15) is 11.2 Å². The number of aromatic nitrogens is 4. The minimum absolute atomic E-state index is 0.865. The second-order valence-corrected chi connectivity index (χ2v) is 6.41. The summed E-state index contributed by atoms with van der Waals surface area (Å²) in [5.41, 5.74) is 8.40. The highest BCUT2D eigenvalue weighted by Gasteiger charge is 2.15.